The molecule has 2 N–H and O–H groups in total. The maximum atomic E-state index is 13.5. The lowest BCUT2D eigenvalue weighted by molar-refractivity contribution is -0.141. The van der Waals surface area contributed by atoms with Crippen LogP contribution in [-0.2, 0) is 11.2 Å². The summed E-state index contributed by atoms with van der Waals surface area (Å²) in [6.45, 7) is 0. The van der Waals surface area contributed by atoms with Gasteiger partial charge in [-0.15, -0.1) is 5.10 Å². The summed E-state index contributed by atoms with van der Waals surface area (Å²) in [7, 11) is 0. The van der Waals surface area contributed by atoms with E-state index in [4.69, 9.17) is 0 Å². The minimum atomic E-state index is -1.03. The molecule has 3 heterocycles. The Morgan fingerprint density at radius 1 is 1.03 bits per heavy atom. The van der Waals surface area contributed by atoms with Crippen LogP contribution < -0.4 is 0 Å². The second-order valence-corrected chi connectivity index (χ2v) is 7.39. The van der Waals surface area contributed by atoms with Crippen molar-refractivity contribution in [3.05, 3.63) is 90.6 Å². The van der Waals surface area contributed by atoms with Crippen LogP contribution in [0.3, 0.4) is 0 Å². The molecule has 0 radical (unpaired) electrons. The molecule has 2 aromatic carbocycles. The monoisotopic (exact) mass is 427 g/mol. The first-order valence-corrected chi connectivity index (χ1v) is 10.0. The van der Waals surface area contributed by atoms with Crippen LogP contribution in [0, 0.1) is 5.82 Å². The fourth-order valence-electron chi connectivity index (χ4n) is 3.88. The Balaban J connectivity index is 1.65. The molecule has 5 aromatic rings. The molecule has 158 valence electrons. The predicted molar refractivity (Wildman–Crippen MR) is 117 cm³/mol. The van der Waals surface area contributed by atoms with E-state index in [9.17, 15) is 14.3 Å². The minimum Gasteiger partial charge on any atom is -0.480 e. The molecule has 0 aliphatic carbocycles. The molecule has 0 bridgehead atoms. The molecule has 0 unspecified atom stereocenters. The van der Waals surface area contributed by atoms with E-state index >= 15 is 0 Å². The number of fused-ring (bicyclic) bond motifs is 1. The van der Waals surface area contributed by atoms with Gasteiger partial charge >= 0.3 is 5.97 Å². The van der Waals surface area contributed by atoms with E-state index in [1.807, 2.05) is 30.5 Å². The topological polar surface area (TPSA) is 96.7 Å². The van der Waals surface area contributed by atoms with Gasteiger partial charge in [0.1, 0.15) is 11.5 Å². The average molecular weight is 427 g/mol. The Labute approximate surface area is 182 Å². The summed E-state index contributed by atoms with van der Waals surface area (Å²) in [4.78, 5) is 19.6. The summed E-state index contributed by atoms with van der Waals surface area (Å²) in [5.41, 5.74) is 4.17. The fourth-order valence-corrected chi connectivity index (χ4v) is 3.88. The smallest absolute Gasteiger partial charge is 0.328 e. The van der Waals surface area contributed by atoms with Crippen LogP contribution in [0.2, 0.25) is 0 Å². The van der Waals surface area contributed by atoms with Crippen LogP contribution in [0.15, 0.2) is 79.3 Å². The van der Waals surface area contributed by atoms with Crippen molar-refractivity contribution in [3.8, 4) is 22.5 Å². The average Bonchev–Trinajstić information content (AvgIpc) is 3.43. The van der Waals surface area contributed by atoms with Gasteiger partial charge in [-0.2, -0.15) is 0 Å². The first-order chi connectivity index (χ1) is 15.6. The zero-order valence-corrected chi connectivity index (χ0v) is 16.8. The molecule has 0 fully saturated rings. The van der Waals surface area contributed by atoms with Crippen molar-refractivity contribution in [2.75, 3.05) is 0 Å². The Bertz CT molecular complexity index is 1390. The SMILES string of the molecule is O=C(O)[C@H](Cc1c[nH]c2ccccc12)n1nnc(-c2ccc(F)cc2)c1-c1ccncc1. The van der Waals surface area contributed by atoms with Crippen molar-refractivity contribution >= 4 is 16.9 Å². The van der Waals surface area contributed by atoms with E-state index in [0.717, 1.165) is 22.0 Å². The standard InChI is InChI=1S/C24H18FN5O2/c25-18-7-5-15(6-8-18)22-23(16-9-11-26-12-10-16)30(29-28-22)21(24(31)32)13-17-14-27-20-4-2-1-3-19(17)20/h1-12,14,21,27H,13H2,(H,31,32)/t21-/m0/s1. The number of carboxylic acid groups (broad SMARTS) is 1. The van der Waals surface area contributed by atoms with Crippen molar-refractivity contribution in [1.82, 2.24) is 25.0 Å². The molecule has 0 aliphatic rings. The highest BCUT2D eigenvalue weighted by atomic mass is 19.1. The van der Waals surface area contributed by atoms with Gasteiger partial charge in [0.25, 0.3) is 0 Å². The number of hydrogen-bond donors (Lipinski definition) is 2. The quantitative estimate of drug-likeness (QED) is 0.416. The summed E-state index contributed by atoms with van der Waals surface area (Å²) >= 11 is 0. The zero-order valence-electron chi connectivity index (χ0n) is 16.8. The minimum absolute atomic E-state index is 0.212. The summed E-state index contributed by atoms with van der Waals surface area (Å²) in [6, 6.07) is 16.2. The zero-order chi connectivity index (χ0) is 22.1. The third-order valence-electron chi connectivity index (χ3n) is 5.43. The molecule has 0 aliphatic heterocycles. The molecule has 0 saturated heterocycles. The first kappa shape index (κ1) is 19.6. The number of pyridine rings is 1. The number of hydrogen-bond acceptors (Lipinski definition) is 4. The molecule has 3 aromatic heterocycles. The van der Waals surface area contributed by atoms with E-state index in [2.05, 4.69) is 20.3 Å². The number of carboxylic acids is 1. The lowest BCUT2D eigenvalue weighted by atomic mass is 10.0. The van der Waals surface area contributed by atoms with Gasteiger partial charge in [0.05, 0.1) is 5.69 Å². The highest BCUT2D eigenvalue weighted by Crippen LogP contribution is 2.33. The van der Waals surface area contributed by atoms with Gasteiger partial charge in [-0.3, -0.25) is 4.98 Å². The largest absolute Gasteiger partial charge is 0.480 e. The van der Waals surface area contributed by atoms with Crippen LogP contribution in [-0.4, -0.2) is 36.0 Å². The summed E-state index contributed by atoms with van der Waals surface area (Å²) < 4.78 is 14.9. The van der Waals surface area contributed by atoms with Crippen molar-refractivity contribution < 1.29 is 14.3 Å². The Morgan fingerprint density at radius 2 is 1.78 bits per heavy atom. The lowest BCUT2D eigenvalue weighted by Gasteiger charge is -2.16. The molecule has 32 heavy (non-hydrogen) atoms. The molecule has 0 saturated carbocycles. The normalized spacial score (nSPS) is 12.2. The number of nitrogens with one attached hydrogen (secondary N) is 1. The second-order valence-electron chi connectivity index (χ2n) is 7.39. The second kappa shape index (κ2) is 8.07. The van der Waals surface area contributed by atoms with Crippen molar-refractivity contribution in [2.24, 2.45) is 0 Å². The van der Waals surface area contributed by atoms with Crippen molar-refractivity contribution in [2.45, 2.75) is 12.5 Å². The number of nitrogens with zero attached hydrogens (tertiary/aromatic N) is 4. The number of halogens is 1. The van der Waals surface area contributed by atoms with Crippen LogP contribution in [0.5, 0.6) is 0 Å². The highest BCUT2D eigenvalue weighted by molar-refractivity contribution is 5.85. The summed E-state index contributed by atoms with van der Waals surface area (Å²) in [6.07, 6.45) is 5.28. The molecular weight excluding hydrogens is 409 g/mol. The molecule has 8 heteroatoms. The number of benzene rings is 2. The third-order valence-corrected chi connectivity index (χ3v) is 5.43. The fraction of sp³-hybridized carbons (Fsp3) is 0.0833. The van der Waals surface area contributed by atoms with E-state index in [1.54, 1.807) is 36.7 Å². The Morgan fingerprint density at radius 3 is 2.53 bits per heavy atom. The van der Waals surface area contributed by atoms with Gasteiger partial charge in [-0.05, 0) is 48.0 Å². The maximum Gasteiger partial charge on any atom is 0.328 e. The van der Waals surface area contributed by atoms with Crippen molar-refractivity contribution in [1.29, 1.82) is 0 Å². The highest BCUT2D eigenvalue weighted by Gasteiger charge is 2.28. The van der Waals surface area contributed by atoms with Gasteiger partial charge in [-0.25, -0.2) is 13.9 Å². The van der Waals surface area contributed by atoms with E-state index in [-0.39, 0.29) is 12.2 Å². The van der Waals surface area contributed by atoms with Gasteiger partial charge in [0.15, 0.2) is 6.04 Å². The number of aliphatic carboxylic acids is 1. The van der Waals surface area contributed by atoms with Crippen LogP contribution in [0.1, 0.15) is 11.6 Å². The summed E-state index contributed by atoms with van der Waals surface area (Å²) in [5, 5.41) is 19.6. The molecule has 0 amide bonds. The molecule has 7 nitrogen and oxygen atoms in total. The van der Waals surface area contributed by atoms with Gasteiger partial charge in [-0.1, -0.05) is 23.4 Å². The number of aromatic nitrogens is 5. The number of rotatable bonds is 6. The van der Waals surface area contributed by atoms with Crippen LogP contribution in [0.4, 0.5) is 4.39 Å². The lowest BCUT2D eigenvalue weighted by Crippen LogP contribution is -2.23. The molecular formula is C24H18FN5O2. The molecule has 0 spiro atoms. The summed E-state index contributed by atoms with van der Waals surface area (Å²) in [5.74, 6) is -1.39. The molecule has 5 rings (SSSR count). The molecule has 1 atom stereocenters. The van der Waals surface area contributed by atoms with Crippen LogP contribution in [0.25, 0.3) is 33.4 Å². The predicted octanol–water partition coefficient (Wildman–Crippen LogP) is 4.50. The third kappa shape index (κ3) is 3.51. The van der Waals surface area contributed by atoms with Gasteiger partial charge < -0.3 is 10.1 Å². The Kier molecular flexibility index (Phi) is 4.95. The number of H-pyrrole nitrogens is 1. The van der Waals surface area contributed by atoms with E-state index in [0.29, 0.717) is 17.0 Å². The van der Waals surface area contributed by atoms with Gasteiger partial charge in [0.2, 0.25) is 0 Å². The maximum absolute atomic E-state index is 13.5. The number of aromatic amines is 1. The van der Waals surface area contributed by atoms with Crippen LogP contribution >= 0.6 is 0 Å². The van der Waals surface area contributed by atoms with E-state index in [1.165, 1.54) is 16.8 Å². The van der Waals surface area contributed by atoms with E-state index < -0.39 is 12.0 Å². The Hall–Kier alpha value is -4.33. The van der Waals surface area contributed by atoms with Gasteiger partial charge in [0, 0.05) is 47.0 Å². The van der Waals surface area contributed by atoms with Crippen molar-refractivity contribution in [3.63, 3.8) is 0 Å². The first-order valence-electron chi connectivity index (χ1n) is 10.0. The number of para-hydroxylation sites is 1. The number of carbonyl (C=O) groups is 1.